The van der Waals surface area contributed by atoms with E-state index in [1.54, 1.807) is 6.07 Å². The van der Waals surface area contributed by atoms with Gasteiger partial charge in [0.1, 0.15) is 0 Å². The molecule has 4 fully saturated rings. The van der Waals surface area contributed by atoms with Gasteiger partial charge in [-0.15, -0.1) is 0 Å². The number of methoxy groups -OCH3 is 1. The van der Waals surface area contributed by atoms with E-state index in [1.165, 1.54) is 12.7 Å². The normalized spacial score (nSPS) is 44.4. The van der Waals surface area contributed by atoms with Crippen molar-refractivity contribution in [3.8, 4) is 11.5 Å². The largest absolute Gasteiger partial charge is 0.504 e. The van der Waals surface area contributed by atoms with Gasteiger partial charge in [0.2, 0.25) is 0 Å². The average Bonchev–Trinajstić information content (AvgIpc) is 3.58. The Balaban J connectivity index is 1.51. The molecule has 6 rings (SSSR count). The third-order valence-corrected chi connectivity index (χ3v) is 12.9. The number of esters is 1. The van der Waals surface area contributed by atoms with Gasteiger partial charge in [-0.2, -0.15) is 0 Å². The number of carboxylic acid groups (broad SMARTS) is 1. The molecule has 5 aliphatic rings. The number of carboxylic acids is 1. The number of allylic oxidation sites excluding steroid dienone is 2. The minimum atomic E-state index is -0.615. The lowest BCUT2D eigenvalue weighted by atomic mass is 9.35. The van der Waals surface area contributed by atoms with Crippen molar-refractivity contribution in [2.45, 2.75) is 97.3 Å². The molecule has 0 bridgehead atoms. The van der Waals surface area contributed by atoms with Gasteiger partial charge in [0.25, 0.3) is 0 Å². The Morgan fingerprint density at radius 2 is 1.74 bits per heavy atom. The summed E-state index contributed by atoms with van der Waals surface area (Å²) in [6.07, 6.45) is 8.98. The molecule has 5 aliphatic carbocycles. The zero-order chi connectivity index (χ0) is 27.6. The number of fused-ring (bicyclic) bond motifs is 8. The van der Waals surface area contributed by atoms with Crippen LogP contribution in [0.2, 0.25) is 0 Å². The monoisotopic (exact) mass is 522 g/mol. The van der Waals surface area contributed by atoms with Crippen molar-refractivity contribution in [3.63, 3.8) is 0 Å². The number of phenols is 2. The van der Waals surface area contributed by atoms with Gasteiger partial charge < -0.3 is 20.1 Å². The molecule has 0 saturated heterocycles. The van der Waals surface area contributed by atoms with Gasteiger partial charge in [-0.05, 0) is 103 Å². The quantitative estimate of drug-likeness (QED) is 0.242. The molecule has 1 aromatic carbocycles. The van der Waals surface area contributed by atoms with Crippen molar-refractivity contribution < 1.29 is 29.6 Å². The van der Waals surface area contributed by atoms with Crippen LogP contribution in [0.3, 0.4) is 0 Å². The highest BCUT2D eigenvalue weighted by molar-refractivity contribution is 5.79. The summed E-state index contributed by atoms with van der Waals surface area (Å²) >= 11 is 0. The minimum Gasteiger partial charge on any atom is -0.504 e. The smallest absolute Gasteiger partial charge is 0.309 e. The Bertz CT molecular complexity index is 1300. The molecule has 4 saturated carbocycles. The first-order chi connectivity index (χ1) is 17.7. The topological polar surface area (TPSA) is 104 Å². The molecule has 8 atom stereocenters. The van der Waals surface area contributed by atoms with E-state index in [0.717, 1.165) is 56.1 Å². The van der Waals surface area contributed by atoms with Crippen molar-refractivity contribution in [1.82, 2.24) is 0 Å². The van der Waals surface area contributed by atoms with Crippen LogP contribution in [0.15, 0.2) is 17.7 Å². The van der Waals surface area contributed by atoms with Gasteiger partial charge in [0.05, 0.1) is 18.9 Å². The Morgan fingerprint density at radius 1 is 1.03 bits per heavy atom. The molecule has 0 heterocycles. The van der Waals surface area contributed by atoms with Gasteiger partial charge in [0.15, 0.2) is 11.5 Å². The van der Waals surface area contributed by atoms with Crippen LogP contribution >= 0.6 is 0 Å². The molecule has 0 amide bonds. The summed E-state index contributed by atoms with van der Waals surface area (Å²) in [5.41, 5.74) is 2.84. The zero-order valence-electron chi connectivity index (χ0n) is 23.6. The fourth-order valence-electron chi connectivity index (χ4n) is 10.3. The third kappa shape index (κ3) is 2.95. The number of aromatic hydroxyl groups is 2. The molecule has 8 unspecified atom stereocenters. The second-order valence-corrected chi connectivity index (χ2v) is 14.4. The molecule has 0 aromatic heterocycles. The number of rotatable bonds is 3. The predicted molar refractivity (Wildman–Crippen MR) is 143 cm³/mol. The molecule has 0 spiro atoms. The Labute approximate surface area is 225 Å². The molecule has 3 N–H and O–H groups in total. The number of phenolic OH excluding ortho intramolecular Hbond substituents is 2. The lowest BCUT2D eigenvalue weighted by molar-refractivity contribution is -0.165. The zero-order valence-corrected chi connectivity index (χ0v) is 23.6. The number of benzene rings is 1. The summed E-state index contributed by atoms with van der Waals surface area (Å²) < 4.78 is 5.07. The van der Waals surface area contributed by atoms with E-state index in [-0.39, 0.29) is 51.5 Å². The van der Waals surface area contributed by atoms with E-state index >= 15 is 0 Å². The van der Waals surface area contributed by atoms with Gasteiger partial charge in [-0.1, -0.05) is 39.3 Å². The summed E-state index contributed by atoms with van der Waals surface area (Å²) in [4.78, 5) is 25.0. The fourth-order valence-corrected chi connectivity index (χ4v) is 10.3. The number of aliphatic carboxylic acids is 1. The van der Waals surface area contributed by atoms with Gasteiger partial charge in [-0.25, -0.2) is 0 Å². The van der Waals surface area contributed by atoms with Crippen molar-refractivity contribution in [1.29, 1.82) is 0 Å². The molecule has 1 aromatic rings. The highest BCUT2D eigenvalue weighted by Gasteiger charge is 2.73. The summed E-state index contributed by atoms with van der Waals surface area (Å²) in [7, 11) is 1.40. The highest BCUT2D eigenvalue weighted by Crippen LogP contribution is 2.79. The summed E-state index contributed by atoms with van der Waals surface area (Å²) in [5.74, 6) is -0.801. The van der Waals surface area contributed by atoms with Crippen LogP contribution in [0.1, 0.15) is 102 Å². The van der Waals surface area contributed by atoms with Crippen molar-refractivity contribution >= 4 is 11.9 Å². The number of carbonyl (C=O) groups is 2. The van der Waals surface area contributed by atoms with E-state index in [4.69, 9.17) is 4.74 Å². The lowest BCUT2D eigenvalue weighted by Crippen LogP contribution is -2.62. The predicted octanol–water partition coefficient (Wildman–Crippen LogP) is 6.36. The molecule has 0 aliphatic heterocycles. The Hall–Kier alpha value is -2.50. The SMILES string of the molecule is COC(=O)CC1C=C2C(C)(CCC3(C)C4CC5(C(=O)O)CC5CC4(C)CCC23C)c2cc(O)c(O)c(C)c21. The molecule has 6 nitrogen and oxygen atoms in total. The Kier molecular flexibility index (Phi) is 5.13. The maximum Gasteiger partial charge on any atom is 0.309 e. The van der Waals surface area contributed by atoms with Crippen LogP contribution in [0.4, 0.5) is 0 Å². The first-order valence-corrected chi connectivity index (χ1v) is 14.3. The highest BCUT2D eigenvalue weighted by atomic mass is 16.5. The van der Waals surface area contributed by atoms with E-state index in [1.807, 2.05) is 6.92 Å². The van der Waals surface area contributed by atoms with Crippen molar-refractivity contribution in [2.24, 2.45) is 33.5 Å². The summed E-state index contributed by atoms with van der Waals surface area (Å²) in [6, 6.07) is 1.72. The van der Waals surface area contributed by atoms with Gasteiger partial charge in [-0.3, -0.25) is 9.59 Å². The van der Waals surface area contributed by atoms with Crippen LogP contribution in [0.5, 0.6) is 11.5 Å². The van der Waals surface area contributed by atoms with Crippen LogP contribution in [-0.2, 0) is 19.7 Å². The van der Waals surface area contributed by atoms with Crippen LogP contribution in [-0.4, -0.2) is 34.4 Å². The number of hydrogen-bond donors (Lipinski definition) is 3. The standard InChI is InChI=1S/C32H42O6/c1-17-25-18(12-24(34)38-6)11-22-29(3,20(25)13-21(33)26(17)35)8-10-31(5)23-16-32(27(36)37)15-19(32)14-28(23,2)7-9-30(22,31)4/h11,13,18-19,23,33,35H,7-10,12,14-16H2,1-6H3,(H,36,37). The van der Waals surface area contributed by atoms with Crippen LogP contribution < -0.4 is 0 Å². The molecular formula is C32H42O6. The molecular weight excluding hydrogens is 480 g/mol. The maximum atomic E-state index is 12.6. The molecule has 6 heteroatoms. The number of hydrogen-bond acceptors (Lipinski definition) is 5. The first-order valence-electron chi connectivity index (χ1n) is 14.3. The molecule has 0 radical (unpaired) electrons. The van der Waals surface area contributed by atoms with Crippen LogP contribution in [0, 0.1) is 40.4 Å². The number of carbonyl (C=O) groups excluding carboxylic acids is 1. The van der Waals surface area contributed by atoms with E-state index in [0.29, 0.717) is 17.4 Å². The van der Waals surface area contributed by atoms with E-state index < -0.39 is 11.4 Å². The van der Waals surface area contributed by atoms with Gasteiger partial charge in [0, 0.05) is 11.3 Å². The van der Waals surface area contributed by atoms with E-state index in [2.05, 4.69) is 33.8 Å². The first kappa shape index (κ1) is 25.8. The lowest BCUT2D eigenvalue weighted by Gasteiger charge is -2.69. The Morgan fingerprint density at radius 3 is 2.39 bits per heavy atom. The summed E-state index contributed by atoms with van der Waals surface area (Å²) in [5, 5.41) is 31.6. The van der Waals surface area contributed by atoms with Crippen molar-refractivity contribution in [3.05, 3.63) is 34.4 Å². The van der Waals surface area contributed by atoms with Crippen LogP contribution in [0.25, 0.3) is 0 Å². The maximum absolute atomic E-state index is 12.6. The van der Waals surface area contributed by atoms with Crippen molar-refractivity contribution in [2.75, 3.05) is 7.11 Å². The number of ether oxygens (including phenoxy) is 1. The second-order valence-electron chi connectivity index (χ2n) is 14.4. The second kappa shape index (κ2) is 7.57. The van der Waals surface area contributed by atoms with E-state index in [9.17, 15) is 24.9 Å². The molecule has 38 heavy (non-hydrogen) atoms. The average molecular weight is 523 g/mol. The van der Waals surface area contributed by atoms with Gasteiger partial charge >= 0.3 is 11.9 Å². The third-order valence-electron chi connectivity index (χ3n) is 12.9. The fraction of sp³-hybridized carbons (Fsp3) is 0.688. The minimum absolute atomic E-state index is 0.0807. The summed E-state index contributed by atoms with van der Waals surface area (Å²) in [6.45, 7) is 11.3. The molecule has 206 valence electrons.